The van der Waals surface area contributed by atoms with Crippen molar-refractivity contribution in [1.82, 2.24) is 9.97 Å². The van der Waals surface area contributed by atoms with Crippen LogP contribution in [0.2, 0.25) is 0 Å². The van der Waals surface area contributed by atoms with Gasteiger partial charge in [0.25, 0.3) is 0 Å². The van der Waals surface area contributed by atoms with Gasteiger partial charge in [-0.05, 0) is 28.3 Å². The minimum absolute atomic E-state index is 0.598. The molecule has 2 aromatic heterocycles. The first-order valence-electron chi connectivity index (χ1n) is 12.3. The summed E-state index contributed by atoms with van der Waals surface area (Å²) < 4.78 is 6.21. The molecular formula is C34H22N2O. The van der Waals surface area contributed by atoms with Gasteiger partial charge >= 0.3 is 0 Å². The molecule has 0 bridgehead atoms. The summed E-state index contributed by atoms with van der Waals surface area (Å²) in [5.74, 6) is 0.647. The summed E-state index contributed by atoms with van der Waals surface area (Å²) in [4.78, 5) is 9.96. The molecule has 0 atom stereocenters. The van der Waals surface area contributed by atoms with E-state index < -0.39 is 0 Å². The predicted octanol–water partition coefficient (Wildman–Crippen LogP) is 9.04. The smallest absolute Gasteiger partial charge is 0.231 e. The van der Waals surface area contributed by atoms with Crippen molar-refractivity contribution in [1.29, 1.82) is 0 Å². The third-order valence-electron chi connectivity index (χ3n) is 6.75. The van der Waals surface area contributed by atoms with E-state index in [0.717, 1.165) is 38.7 Å². The maximum Gasteiger partial charge on any atom is 0.231 e. The largest absolute Gasteiger partial charge is 0.438 e. The first-order valence-corrected chi connectivity index (χ1v) is 12.3. The third kappa shape index (κ3) is 3.87. The molecule has 0 spiro atoms. The summed E-state index contributed by atoms with van der Waals surface area (Å²) in [5, 5.41) is 1.96. The number of aromatic nitrogens is 2. The van der Waals surface area contributed by atoms with E-state index in [0.29, 0.717) is 11.5 Å². The molecule has 37 heavy (non-hydrogen) atoms. The summed E-state index contributed by atoms with van der Waals surface area (Å²) in [6.07, 6.45) is 0. The second kappa shape index (κ2) is 8.89. The van der Waals surface area contributed by atoms with E-state index in [1.54, 1.807) is 0 Å². The second-order valence-electron chi connectivity index (χ2n) is 9.06. The molecule has 174 valence electrons. The van der Waals surface area contributed by atoms with Crippen molar-refractivity contribution in [3.63, 3.8) is 0 Å². The van der Waals surface area contributed by atoms with Gasteiger partial charge < -0.3 is 4.42 Å². The maximum atomic E-state index is 6.21. The lowest BCUT2D eigenvalue weighted by Gasteiger charge is -2.09. The molecule has 0 aliphatic heterocycles. The van der Waals surface area contributed by atoms with Crippen LogP contribution in [0.25, 0.3) is 67.0 Å². The van der Waals surface area contributed by atoms with Crippen LogP contribution in [0.3, 0.4) is 0 Å². The molecule has 0 saturated heterocycles. The minimum Gasteiger partial charge on any atom is -0.438 e. The van der Waals surface area contributed by atoms with E-state index in [1.165, 1.54) is 16.7 Å². The fourth-order valence-corrected chi connectivity index (χ4v) is 4.85. The Hall–Kier alpha value is -5.02. The van der Waals surface area contributed by atoms with Crippen molar-refractivity contribution < 1.29 is 4.42 Å². The number of hydrogen-bond acceptors (Lipinski definition) is 3. The quantitative estimate of drug-likeness (QED) is 0.255. The lowest BCUT2D eigenvalue weighted by atomic mass is 10.0. The third-order valence-corrected chi connectivity index (χ3v) is 6.75. The van der Waals surface area contributed by atoms with Gasteiger partial charge in [-0.1, -0.05) is 127 Å². The molecule has 2 heterocycles. The minimum atomic E-state index is 0.598. The molecule has 0 aliphatic rings. The van der Waals surface area contributed by atoms with E-state index in [-0.39, 0.29) is 0 Å². The molecule has 0 saturated carbocycles. The van der Waals surface area contributed by atoms with E-state index in [9.17, 15) is 0 Å². The number of hydrogen-bond donors (Lipinski definition) is 0. The van der Waals surface area contributed by atoms with Crippen molar-refractivity contribution >= 4 is 22.1 Å². The van der Waals surface area contributed by atoms with Crippen LogP contribution in [0.4, 0.5) is 0 Å². The van der Waals surface area contributed by atoms with Gasteiger partial charge in [0.05, 0.1) is 11.1 Å². The fraction of sp³-hybridized carbons (Fsp3) is 0. The average Bonchev–Trinajstić information content (AvgIpc) is 3.36. The molecule has 7 rings (SSSR count). The van der Waals surface area contributed by atoms with Crippen LogP contribution in [0, 0.1) is 0 Å². The first kappa shape index (κ1) is 21.3. The molecule has 7 aromatic rings. The van der Waals surface area contributed by atoms with Crippen LogP contribution in [-0.2, 0) is 0 Å². The highest BCUT2D eigenvalue weighted by Gasteiger charge is 2.18. The fourth-order valence-electron chi connectivity index (χ4n) is 4.85. The molecule has 0 radical (unpaired) electrons. The van der Waals surface area contributed by atoms with Crippen molar-refractivity contribution in [2.24, 2.45) is 0 Å². The molecule has 0 N–H and O–H groups in total. The molecule has 0 aliphatic carbocycles. The SMILES string of the molecule is c1ccc(-c2ccc(-c3nc(-c4ccc(-c5ccccc5)cc4)c4c(n3)oc3ccccc34)cc2)cc1. The van der Waals surface area contributed by atoms with E-state index >= 15 is 0 Å². The van der Waals surface area contributed by atoms with Gasteiger partial charge in [0.15, 0.2) is 5.82 Å². The van der Waals surface area contributed by atoms with Crippen LogP contribution in [0.15, 0.2) is 138 Å². The number of fused-ring (bicyclic) bond motifs is 3. The molecular weight excluding hydrogens is 452 g/mol. The highest BCUT2D eigenvalue weighted by molar-refractivity contribution is 6.10. The zero-order chi connectivity index (χ0) is 24.6. The molecule has 3 nitrogen and oxygen atoms in total. The standard InChI is InChI=1S/C34H22N2O/c1-3-9-23(10-4-1)25-15-19-27(20-16-25)32-31-29-13-7-8-14-30(29)37-34(31)36-33(35-32)28-21-17-26(18-22-28)24-11-5-2-6-12-24/h1-22H. The summed E-state index contributed by atoms with van der Waals surface area (Å²) in [6, 6.07) is 45.8. The van der Waals surface area contributed by atoms with Crippen LogP contribution < -0.4 is 0 Å². The number of para-hydroxylation sites is 1. The van der Waals surface area contributed by atoms with Gasteiger partial charge in [0.2, 0.25) is 5.71 Å². The normalized spacial score (nSPS) is 11.2. The number of benzene rings is 5. The van der Waals surface area contributed by atoms with Crippen molar-refractivity contribution in [3.05, 3.63) is 133 Å². The molecule has 5 aromatic carbocycles. The van der Waals surface area contributed by atoms with E-state index in [1.807, 2.05) is 30.3 Å². The Balaban J connectivity index is 1.38. The van der Waals surface area contributed by atoms with E-state index in [4.69, 9.17) is 14.4 Å². The van der Waals surface area contributed by atoms with Gasteiger partial charge in [-0.15, -0.1) is 0 Å². The maximum absolute atomic E-state index is 6.21. The van der Waals surface area contributed by atoms with Crippen LogP contribution >= 0.6 is 0 Å². The average molecular weight is 475 g/mol. The first-order chi connectivity index (χ1) is 18.3. The lowest BCUT2D eigenvalue weighted by molar-refractivity contribution is 0.653. The van der Waals surface area contributed by atoms with Crippen LogP contribution in [0.5, 0.6) is 0 Å². The molecule has 0 fully saturated rings. The summed E-state index contributed by atoms with van der Waals surface area (Å²) >= 11 is 0. The topological polar surface area (TPSA) is 38.9 Å². The Morgan fingerprint density at radius 3 is 1.51 bits per heavy atom. The Morgan fingerprint density at radius 2 is 0.892 bits per heavy atom. The number of furan rings is 1. The van der Waals surface area contributed by atoms with Gasteiger partial charge in [-0.2, -0.15) is 4.98 Å². The Bertz CT molecular complexity index is 1840. The summed E-state index contributed by atoms with van der Waals surface area (Å²) in [6.45, 7) is 0. The lowest BCUT2D eigenvalue weighted by Crippen LogP contribution is -1.94. The van der Waals surface area contributed by atoms with Crippen molar-refractivity contribution in [2.45, 2.75) is 0 Å². The van der Waals surface area contributed by atoms with Gasteiger partial charge in [-0.3, -0.25) is 0 Å². The van der Waals surface area contributed by atoms with Crippen molar-refractivity contribution in [2.75, 3.05) is 0 Å². The monoisotopic (exact) mass is 474 g/mol. The van der Waals surface area contributed by atoms with E-state index in [2.05, 4.69) is 103 Å². The zero-order valence-electron chi connectivity index (χ0n) is 20.0. The number of nitrogens with zero attached hydrogens (tertiary/aromatic N) is 2. The molecule has 0 amide bonds. The van der Waals surface area contributed by atoms with Gasteiger partial charge in [0.1, 0.15) is 5.58 Å². The highest BCUT2D eigenvalue weighted by atomic mass is 16.3. The summed E-state index contributed by atoms with van der Waals surface area (Å²) in [7, 11) is 0. The van der Waals surface area contributed by atoms with Crippen molar-refractivity contribution in [3.8, 4) is 44.9 Å². The Labute approximate surface area is 214 Å². The second-order valence-corrected chi connectivity index (χ2v) is 9.06. The Morgan fingerprint density at radius 1 is 0.405 bits per heavy atom. The van der Waals surface area contributed by atoms with Gasteiger partial charge in [0, 0.05) is 16.5 Å². The Kier molecular flexibility index (Phi) is 5.11. The molecule has 0 unspecified atom stereocenters. The highest BCUT2D eigenvalue weighted by Crippen LogP contribution is 2.37. The van der Waals surface area contributed by atoms with Crippen LogP contribution in [0.1, 0.15) is 0 Å². The zero-order valence-corrected chi connectivity index (χ0v) is 20.0. The van der Waals surface area contributed by atoms with Gasteiger partial charge in [-0.25, -0.2) is 4.98 Å². The summed E-state index contributed by atoms with van der Waals surface area (Å²) in [5.41, 5.74) is 8.96. The predicted molar refractivity (Wildman–Crippen MR) is 151 cm³/mol. The number of rotatable bonds is 4. The molecule has 3 heteroatoms. The van der Waals surface area contributed by atoms with Crippen LogP contribution in [-0.4, -0.2) is 9.97 Å².